The van der Waals surface area contributed by atoms with Gasteiger partial charge in [-0.2, -0.15) is 0 Å². The van der Waals surface area contributed by atoms with Crippen LogP contribution in [0.5, 0.6) is 0 Å². The molecule has 1 aliphatic rings. The summed E-state index contributed by atoms with van der Waals surface area (Å²) in [5, 5.41) is 3.07. The van der Waals surface area contributed by atoms with Crippen LogP contribution in [0.25, 0.3) is 11.3 Å². The number of nitrogens with one attached hydrogen (secondary N) is 1. The van der Waals surface area contributed by atoms with Crippen molar-refractivity contribution < 1.29 is 13.9 Å². The third-order valence-corrected chi connectivity index (χ3v) is 4.69. The van der Waals surface area contributed by atoms with E-state index in [9.17, 15) is 4.79 Å². The Morgan fingerprint density at radius 3 is 2.68 bits per heavy atom. The molecule has 134 valence electrons. The number of rotatable bonds is 4. The van der Waals surface area contributed by atoms with Gasteiger partial charge in [-0.25, -0.2) is 4.98 Å². The maximum Gasteiger partial charge on any atom is 0.251 e. The quantitative estimate of drug-likeness (QED) is 0.915. The lowest BCUT2D eigenvalue weighted by atomic mass is 9.78. The second-order valence-electron chi connectivity index (χ2n) is 7.71. The lowest BCUT2D eigenvalue weighted by Gasteiger charge is -2.40. The summed E-state index contributed by atoms with van der Waals surface area (Å²) in [6.45, 7) is 8.04. The van der Waals surface area contributed by atoms with Crippen molar-refractivity contribution in [1.29, 1.82) is 0 Å². The molecule has 0 spiro atoms. The number of carbonyl (C=O) groups is 1. The summed E-state index contributed by atoms with van der Waals surface area (Å²) < 4.78 is 11.2. The van der Waals surface area contributed by atoms with Crippen molar-refractivity contribution in [2.24, 2.45) is 11.3 Å². The van der Waals surface area contributed by atoms with Gasteiger partial charge in [-0.1, -0.05) is 32.9 Å². The van der Waals surface area contributed by atoms with Crippen molar-refractivity contribution in [3.8, 4) is 11.3 Å². The number of amides is 1. The number of ether oxygens (including phenoxy) is 1. The van der Waals surface area contributed by atoms with Crippen LogP contribution in [-0.4, -0.2) is 30.1 Å². The lowest BCUT2D eigenvalue weighted by Crippen LogP contribution is -2.45. The maximum atomic E-state index is 12.5. The molecule has 0 bridgehead atoms. The van der Waals surface area contributed by atoms with Gasteiger partial charge in [0.1, 0.15) is 0 Å². The summed E-state index contributed by atoms with van der Waals surface area (Å²) in [5.74, 6) is 0.993. The Hall–Kier alpha value is -2.14. The second-order valence-corrected chi connectivity index (χ2v) is 7.71. The van der Waals surface area contributed by atoms with Gasteiger partial charge in [0.15, 0.2) is 12.2 Å². The first kappa shape index (κ1) is 17.7. The summed E-state index contributed by atoms with van der Waals surface area (Å²) >= 11 is 0. The molecule has 1 N–H and O–H groups in total. The summed E-state index contributed by atoms with van der Waals surface area (Å²) in [5.41, 5.74) is 1.63. The fraction of sp³-hybridized carbons (Fsp3) is 0.500. The monoisotopic (exact) mass is 342 g/mol. The number of nitrogens with zero attached hydrogens (tertiary/aromatic N) is 1. The van der Waals surface area contributed by atoms with E-state index < -0.39 is 0 Å². The van der Waals surface area contributed by atoms with Crippen LogP contribution in [0.1, 0.15) is 44.0 Å². The Morgan fingerprint density at radius 2 is 2.04 bits per heavy atom. The number of carbonyl (C=O) groups excluding carboxylic acids is 1. The smallest absolute Gasteiger partial charge is 0.251 e. The Balaban J connectivity index is 1.60. The molecule has 0 aliphatic carbocycles. The third kappa shape index (κ3) is 4.28. The van der Waals surface area contributed by atoms with Crippen molar-refractivity contribution in [2.75, 3.05) is 13.2 Å². The molecule has 5 heteroatoms. The van der Waals surface area contributed by atoms with Gasteiger partial charge in [0, 0.05) is 30.2 Å². The Kier molecular flexibility index (Phi) is 5.23. The second kappa shape index (κ2) is 7.40. The fourth-order valence-electron chi connectivity index (χ4n) is 3.48. The minimum absolute atomic E-state index is 0.0534. The highest BCUT2D eigenvalue weighted by Gasteiger charge is 2.35. The Bertz CT molecular complexity index is 687. The number of benzene rings is 1. The van der Waals surface area contributed by atoms with Crippen LogP contribution in [0.3, 0.4) is 0 Å². The number of hydrogen-bond acceptors (Lipinski definition) is 4. The molecule has 2 atom stereocenters. The highest BCUT2D eigenvalue weighted by Crippen LogP contribution is 2.33. The number of aromatic nitrogens is 1. The fourth-order valence-corrected chi connectivity index (χ4v) is 3.48. The number of oxazole rings is 1. The molecule has 2 unspecified atom stereocenters. The summed E-state index contributed by atoms with van der Waals surface area (Å²) in [7, 11) is 0. The van der Waals surface area contributed by atoms with Crippen molar-refractivity contribution in [2.45, 2.75) is 39.7 Å². The maximum absolute atomic E-state index is 12.5. The molecule has 2 heterocycles. The topological polar surface area (TPSA) is 64.4 Å². The average Bonchev–Trinajstić information content (AvgIpc) is 3.14. The first-order chi connectivity index (χ1) is 11.9. The van der Waals surface area contributed by atoms with Crippen molar-refractivity contribution in [1.82, 2.24) is 10.3 Å². The van der Waals surface area contributed by atoms with Gasteiger partial charge in [-0.3, -0.25) is 4.79 Å². The molecule has 1 aliphatic heterocycles. The Morgan fingerprint density at radius 1 is 1.28 bits per heavy atom. The number of hydrogen-bond donors (Lipinski definition) is 1. The lowest BCUT2D eigenvalue weighted by molar-refractivity contribution is -0.0839. The predicted octanol–water partition coefficient (Wildman–Crippen LogP) is 3.91. The molecule has 5 nitrogen and oxygen atoms in total. The molecular weight excluding hydrogens is 316 g/mol. The summed E-state index contributed by atoms with van der Waals surface area (Å²) in [6, 6.07) is 7.37. The van der Waals surface area contributed by atoms with Crippen LogP contribution in [0, 0.1) is 11.3 Å². The van der Waals surface area contributed by atoms with E-state index in [1.165, 1.54) is 6.39 Å². The van der Waals surface area contributed by atoms with Crippen LogP contribution in [-0.2, 0) is 4.74 Å². The van der Waals surface area contributed by atoms with E-state index in [1.807, 2.05) is 24.3 Å². The van der Waals surface area contributed by atoms with Crippen LogP contribution >= 0.6 is 0 Å². The molecule has 2 aromatic rings. The van der Waals surface area contributed by atoms with E-state index in [-0.39, 0.29) is 17.4 Å². The minimum atomic E-state index is -0.0534. The first-order valence-corrected chi connectivity index (χ1v) is 8.84. The van der Waals surface area contributed by atoms with Gasteiger partial charge in [-0.05, 0) is 30.4 Å². The molecule has 25 heavy (non-hydrogen) atoms. The zero-order valence-electron chi connectivity index (χ0n) is 15.1. The molecule has 1 aromatic heterocycles. The van der Waals surface area contributed by atoms with E-state index in [1.54, 1.807) is 6.20 Å². The highest BCUT2D eigenvalue weighted by molar-refractivity contribution is 5.94. The minimum Gasteiger partial charge on any atom is -0.444 e. The van der Waals surface area contributed by atoms with Crippen molar-refractivity contribution in [3.05, 3.63) is 42.4 Å². The van der Waals surface area contributed by atoms with Gasteiger partial charge in [0.25, 0.3) is 5.91 Å². The van der Waals surface area contributed by atoms with Gasteiger partial charge in [-0.15, -0.1) is 0 Å². The van der Waals surface area contributed by atoms with Gasteiger partial charge < -0.3 is 14.5 Å². The summed E-state index contributed by atoms with van der Waals surface area (Å²) in [4.78, 5) is 16.4. The molecule has 1 saturated heterocycles. The molecule has 3 rings (SSSR count). The molecule has 0 saturated carbocycles. The largest absolute Gasteiger partial charge is 0.444 e. The third-order valence-electron chi connectivity index (χ3n) is 4.69. The standard InChI is InChI=1S/C20H26N2O3/c1-20(2,3)18-16(5-4-10-24-18)11-22-19(23)15-8-6-14(7-9-15)17-12-21-13-25-17/h6-9,12-13,16,18H,4-5,10-11H2,1-3H3,(H,22,23). The first-order valence-electron chi connectivity index (χ1n) is 8.84. The SMILES string of the molecule is CC(C)(C)C1OCCCC1CNC(=O)c1ccc(-c2cnco2)cc1. The van der Waals surface area contributed by atoms with Crippen LogP contribution in [0.4, 0.5) is 0 Å². The van der Waals surface area contributed by atoms with Gasteiger partial charge in [0.05, 0.1) is 12.3 Å². The zero-order chi connectivity index (χ0) is 17.9. The van der Waals surface area contributed by atoms with Crippen LogP contribution in [0.2, 0.25) is 0 Å². The van der Waals surface area contributed by atoms with Gasteiger partial charge >= 0.3 is 0 Å². The predicted molar refractivity (Wildman–Crippen MR) is 96.2 cm³/mol. The molecular formula is C20H26N2O3. The van der Waals surface area contributed by atoms with E-state index in [0.717, 1.165) is 25.0 Å². The molecule has 1 amide bonds. The highest BCUT2D eigenvalue weighted by atomic mass is 16.5. The van der Waals surface area contributed by atoms with Crippen LogP contribution < -0.4 is 5.32 Å². The van der Waals surface area contributed by atoms with Crippen molar-refractivity contribution >= 4 is 5.91 Å². The summed E-state index contributed by atoms with van der Waals surface area (Å²) in [6.07, 6.45) is 5.37. The van der Waals surface area contributed by atoms with Crippen molar-refractivity contribution in [3.63, 3.8) is 0 Å². The molecule has 1 aromatic carbocycles. The molecule has 0 radical (unpaired) electrons. The van der Waals surface area contributed by atoms with E-state index in [2.05, 4.69) is 31.1 Å². The van der Waals surface area contributed by atoms with E-state index in [4.69, 9.17) is 9.15 Å². The van der Waals surface area contributed by atoms with Crippen LogP contribution in [0.15, 0.2) is 41.3 Å². The zero-order valence-corrected chi connectivity index (χ0v) is 15.1. The van der Waals surface area contributed by atoms with E-state index in [0.29, 0.717) is 23.8 Å². The Labute approximate surface area is 148 Å². The van der Waals surface area contributed by atoms with Gasteiger partial charge in [0.2, 0.25) is 0 Å². The normalized spacial score (nSPS) is 21.1. The average molecular weight is 342 g/mol. The molecule has 1 fully saturated rings. The van der Waals surface area contributed by atoms with E-state index >= 15 is 0 Å².